The lowest BCUT2D eigenvalue weighted by Gasteiger charge is -2.24. The number of aliphatic hydroxyl groups is 5. The molecule has 130 valence electrons. The van der Waals surface area contributed by atoms with Gasteiger partial charge in [-0.25, -0.2) is 0 Å². The van der Waals surface area contributed by atoms with E-state index in [9.17, 15) is 24.9 Å². The van der Waals surface area contributed by atoms with Gasteiger partial charge in [0.05, 0.1) is 6.61 Å². The summed E-state index contributed by atoms with van der Waals surface area (Å²) in [5, 5.41) is 54.7. The van der Waals surface area contributed by atoms with E-state index in [0.717, 1.165) is 12.8 Å². The second kappa shape index (κ2) is 11.5. The number of aliphatic carboxylic acids is 1. The van der Waals surface area contributed by atoms with Gasteiger partial charge in [0.15, 0.2) is 5.78 Å². The van der Waals surface area contributed by atoms with Gasteiger partial charge in [-0.15, -0.1) is 0 Å². The molecule has 6 N–H and O–H groups in total. The number of carbonyl (C=O) groups excluding carboxylic acids is 1. The zero-order chi connectivity index (χ0) is 17.1. The van der Waals surface area contributed by atoms with Crippen LogP contribution in [0.5, 0.6) is 0 Å². The summed E-state index contributed by atoms with van der Waals surface area (Å²) in [4.78, 5) is 21.9. The lowest BCUT2D eigenvalue weighted by Crippen LogP contribution is -2.48. The molecule has 0 saturated carbocycles. The van der Waals surface area contributed by atoms with E-state index in [4.69, 9.17) is 15.3 Å². The number of unbranched alkanes of at least 4 members (excludes halogenated alkanes) is 4. The summed E-state index contributed by atoms with van der Waals surface area (Å²) in [5.74, 6) is -1.49. The van der Waals surface area contributed by atoms with Crippen molar-refractivity contribution >= 4 is 11.8 Å². The number of carbonyl (C=O) groups is 2. The SMILES string of the molecule is O=C(O)CCCCCCCC(=O)C(O)[C@@H](O)[C@H](O)C(O)CO. The molecule has 0 aromatic carbocycles. The van der Waals surface area contributed by atoms with Crippen molar-refractivity contribution in [1.29, 1.82) is 0 Å². The molecular weight excluding hydrogens is 296 g/mol. The van der Waals surface area contributed by atoms with Crippen LogP contribution in [0.1, 0.15) is 44.9 Å². The van der Waals surface area contributed by atoms with Gasteiger partial charge in [-0.2, -0.15) is 0 Å². The molecular formula is C14H26O8. The number of hydrogen-bond acceptors (Lipinski definition) is 7. The van der Waals surface area contributed by atoms with Gasteiger partial charge in [0.2, 0.25) is 0 Å². The van der Waals surface area contributed by atoms with Crippen LogP contribution in [0.25, 0.3) is 0 Å². The third-order valence-electron chi connectivity index (χ3n) is 3.40. The van der Waals surface area contributed by atoms with Crippen molar-refractivity contribution < 1.29 is 40.2 Å². The van der Waals surface area contributed by atoms with Crippen molar-refractivity contribution in [3.8, 4) is 0 Å². The topological polar surface area (TPSA) is 156 Å². The average molecular weight is 322 g/mol. The fraction of sp³-hybridized carbons (Fsp3) is 0.857. The van der Waals surface area contributed by atoms with Gasteiger partial charge < -0.3 is 30.6 Å². The minimum Gasteiger partial charge on any atom is -0.481 e. The van der Waals surface area contributed by atoms with Gasteiger partial charge in [0.1, 0.15) is 24.4 Å². The Labute approximate surface area is 129 Å². The van der Waals surface area contributed by atoms with Gasteiger partial charge in [-0.05, 0) is 12.8 Å². The molecule has 8 heteroatoms. The Morgan fingerprint density at radius 3 is 1.77 bits per heavy atom. The van der Waals surface area contributed by atoms with Crippen molar-refractivity contribution in [3.63, 3.8) is 0 Å². The predicted molar refractivity (Wildman–Crippen MR) is 76.1 cm³/mol. The summed E-state index contributed by atoms with van der Waals surface area (Å²) in [6.45, 7) is -0.796. The maximum Gasteiger partial charge on any atom is 0.303 e. The van der Waals surface area contributed by atoms with Crippen molar-refractivity contribution in [3.05, 3.63) is 0 Å². The largest absolute Gasteiger partial charge is 0.481 e. The first-order valence-electron chi connectivity index (χ1n) is 7.38. The van der Waals surface area contributed by atoms with Crippen molar-refractivity contribution in [1.82, 2.24) is 0 Å². The standard InChI is InChI=1S/C14H26O8/c15-8-10(17)13(21)14(22)12(20)9(16)6-4-2-1-3-5-7-11(18)19/h10,12-15,17,20-22H,1-8H2,(H,18,19)/t10?,12?,13-,14-/m1/s1. The number of aliphatic hydroxyl groups excluding tert-OH is 5. The van der Waals surface area contributed by atoms with Crippen LogP contribution in [-0.2, 0) is 9.59 Å². The van der Waals surface area contributed by atoms with Crippen molar-refractivity contribution in [2.24, 2.45) is 0 Å². The zero-order valence-electron chi connectivity index (χ0n) is 12.5. The number of rotatable bonds is 13. The minimum absolute atomic E-state index is 0.0130. The molecule has 0 radical (unpaired) electrons. The fourth-order valence-electron chi connectivity index (χ4n) is 1.97. The molecule has 0 spiro atoms. The first kappa shape index (κ1) is 20.9. The molecule has 0 rings (SSSR count). The molecule has 8 nitrogen and oxygen atoms in total. The smallest absolute Gasteiger partial charge is 0.303 e. The highest BCUT2D eigenvalue weighted by atomic mass is 16.4. The van der Waals surface area contributed by atoms with Gasteiger partial charge in [0, 0.05) is 12.8 Å². The van der Waals surface area contributed by atoms with E-state index in [-0.39, 0.29) is 12.8 Å². The summed E-state index contributed by atoms with van der Waals surface area (Å²) < 4.78 is 0. The summed E-state index contributed by atoms with van der Waals surface area (Å²) in [6, 6.07) is 0. The van der Waals surface area contributed by atoms with E-state index in [1.54, 1.807) is 0 Å². The average Bonchev–Trinajstić information content (AvgIpc) is 2.50. The van der Waals surface area contributed by atoms with Crippen LogP contribution in [0.4, 0.5) is 0 Å². The predicted octanol–water partition coefficient (Wildman–Crippen LogP) is -1.19. The van der Waals surface area contributed by atoms with Crippen LogP contribution in [0.3, 0.4) is 0 Å². The highest BCUT2D eigenvalue weighted by Crippen LogP contribution is 2.11. The molecule has 0 aromatic heterocycles. The molecule has 22 heavy (non-hydrogen) atoms. The lowest BCUT2D eigenvalue weighted by atomic mass is 9.97. The first-order valence-corrected chi connectivity index (χ1v) is 7.38. The second-order valence-corrected chi connectivity index (χ2v) is 5.30. The summed E-state index contributed by atoms with van der Waals surface area (Å²) in [5.41, 5.74) is 0. The zero-order valence-corrected chi connectivity index (χ0v) is 12.5. The van der Waals surface area contributed by atoms with E-state index < -0.39 is 42.8 Å². The molecule has 0 heterocycles. The first-order chi connectivity index (χ1) is 10.3. The summed E-state index contributed by atoms with van der Waals surface area (Å²) >= 11 is 0. The van der Waals surface area contributed by atoms with Crippen LogP contribution < -0.4 is 0 Å². The van der Waals surface area contributed by atoms with E-state index in [1.165, 1.54) is 0 Å². The second-order valence-electron chi connectivity index (χ2n) is 5.30. The minimum atomic E-state index is -1.86. The van der Waals surface area contributed by atoms with Crippen molar-refractivity contribution in [2.75, 3.05) is 6.61 Å². The molecule has 0 saturated heterocycles. The molecule has 0 amide bonds. The van der Waals surface area contributed by atoms with Crippen LogP contribution in [-0.4, -0.2) is 73.4 Å². The maximum atomic E-state index is 11.6. The Morgan fingerprint density at radius 1 is 0.773 bits per heavy atom. The molecule has 4 atom stereocenters. The summed E-state index contributed by atoms with van der Waals surface area (Å²) in [6.07, 6.45) is -3.72. The molecule has 0 aromatic rings. The number of carboxylic acid groups (broad SMARTS) is 1. The third kappa shape index (κ3) is 8.40. The van der Waals surface area contributed by atoms with Crippen LogP contribution in [0, 0.1) is 0 Å². The Bertz CT molecular complexity index is 333. The molecule has 0 bridgehead atoms. The Hall–Kier alpha value is -1.06. The molecule has 0 aliphatic heterocycles. The Morgan fingerprint density at radius 2 is 1.27 bits per heavy atom. The maximum absolute atomic E-state index is 11.6. The van der Waals surface area contributed by atoms with E-state index in [2.05, 4.69) is 0 Å². The van der Waals surface area contributed by atoms with Crippen LogP contribution in [0.15, 0.2) is 0 Å². The number of Topliss-reactive ketones (excluding diaryl/α,β-unsaturated/α-hetero) is 1. The Kier molecular flexibility index (Phi) is 10.9. The normalized spacial score (nSPS) is 16.8. The summed E-state index contributed by atoms with van der Waals surface area (Å²) in [7, 11) is 0. The van der Waals surface area contributed by atoms with Crippen LogP contribution >= 0.6 is 0 Å². The number of carboxylic acids is 1. The molecule has 2 unspecified atom stereocenters. The van der Waals surface area contributed by atoms with Gasteiger partial charge >= 0.3 is 5.97 Å². The van der Waals surface area contributed by atoms with Gasteiger partial charge in [-0.1, -0.05) is 19.3 Å². The van der Waals surface area contributed by atoms with Gasteiger partial charge in [-0.3, -0.25) is 9.59 Å². The highest BCUT2D eigenvalue weighted by molar-refractivity contribution is 5.83. The van der Waals surface area contributed by atoms with E-state index >= 15 is 0 Å². The van der Waals surface area contributed by atoms with E-state index in [1.807, 2.05) is 0 Å². The van der Waals surface area contributed by atoms with E-state index in [0.29, 0.717) is 19.3 Å². The molecule has 0 aliphatic carbocycles. The highest BCUT2D eigenvalue weighted by Gasteiger charge is 2.33. The quantitative estimate of drug-likeness (QED) is 0.231. The molecule has 0 aliphatic rings. The third-order valence-corrected chi connectivity index (χ3v) is 3.40. The van der Waals surface area contributed by atoms with Crippen molar-refractivity contribution in [2.45, 2.75) is 69.4 Å². The monoisotopic (exact) mass is 322 g/mol. The fourth-order valence-corrected chi connectivity index (χ4v) is 1.97. The molecule has 0 fully saturated rings. The number of hydrogen-bond donors (Lipinski definition) is 6. The van der Waals surface area contributed by atoms with Gasteiger partial charge in [0.25, 0.3) is 0 Å². The lowest BCUT2D eigenvalue weighted by molar-refractivity contribution is -0.147. The Balaban J connectivity index is 3.89. The number of ketones is 1. The van der Waals surface area contributed by atoms with Crippen LogP contribution in [0.2, 0.25) is 0 Å².